The first kappa shape index (κ1) is 15.7. The van der Waals surface area contributed by atoms with Crippen LogP contribution >= 0.6 is 11.3 Å². The highest BCUT2D eigenvalue weighted by Gasteiger charge is 2.17. The Labute approximate surface area is 119 Å². The normalized spacial score (nSPS) is 11.8. The van der Waals surface area contributed by atoms with Crippen LogP contribution in [0.15, 0.2) is 12.1 Å². The van der Waals surface area contributed by atoms with Crippen LogP contribution in [0.5, 0.6) is 0 Å². The van der Waals surface area contributed by atoms with Crippen molar-refractivity contribution in [1.82, 2.24) is 5.32 Å². The highest BCUT2D eigenvalue weighted by atomic mass is 32.1. The van der Waals surface area contributed by atoms with Crippen LogP contribution in [0.1, 0.15) is 48.2 Å². The molecule has 0 bridgehead atoms. The van der Waals surface area contributed by atoms with E-state index in [1.54, 1.807) is 0 Å². The summed E-state index contributed by atoms with van der Waals surface area (Å²) in [6, 6.07) is 3.88. The maximum atomic E-state index is 12.1. The summed E-state index contributed by atoms with van der Waals surface area (Å²) in [6.07, 6.45) is 2.16. The molecule has 1 aromatic heterocycles. The summed E-state index contributed by atoms with van der Waals surface area (Å²) in [4.78, 5) is 13.7. The predicted octanol–water partition coefficient (Wildman–Crippen LogP) is 2.61. The van der Waals surface area contributed by atoms with Crippen LogP contribution in [-0.2, 0) is 0 Å². The molecule has 4 heteroatoms. The lowest BCUT2D eigenvalue weighted by molar-refractivity contribution is 0.0929. The minimum Gasteiger partial charge on any atom is -0.349 e. The highest BCUT2D eigenvalue weighted by molar-refractivity contribution is 7.14. The minimum atomic E-state index is -0.00908. The first-order valence-electron chi connectivity index (χ1n) is 6.71. The van der Waals surface area contributed by atoms with Gasteiger partial charge in [0.15, 0.2) is 0 Å². The Balaban J connectivity index is 2.65. The molecule has 1 aromatic rings. The standard InChI is InChI=1S/C15H22N2OS/c1-4-12(5-2)11(3)17-15(18)14-9-8-13(19-14)7-6-10-16/h8-9,11-12H,4-5,10,16H2,1-3H3,(H,17,18). The van der Waals surface area contributed by atoms with Crippen molar-refractivity contribution in [2.45, 2.75) is 39.7 Å². The molecule has 3 nitrogen and oxygen atoms in total. The van der Waals surface area contributed by atoms with Crippen LogP contribution in [0.4, 0.5) is 0 Å². The molecule has 0 aliphatic rings. The van der Waals surface area contributed by atoms with Gasteiger partial charge in [-0.3, -0.25) is 4.79 Å². The fourth-order valence-electron chi connectivity index (χ4n) is 2.06. The van der Waals surface area contributed by atoms with E-state index in [0.29, 0.717) is 17.3 Å². The van der Waals surface area contributed by atoms with Crippen molar-refractivity contribution < 1.29 is 4.79 Å². The van der Waals surface area contributed by atoms with Gasteiger partial charge in [0, 0.05) is 6.04 Å². The molecular formula is C15H22N2OS. The summed E-state index contributed by atoms with van der Waals surface area (Å²) in [5.41, 5.74) is 5.32. The van der Waals surface area contributed by atoms with Crippen LogP contribution in [0.25, 0.3) is 0 Å². The Morgan fingerprint density at radius 3 is 2.68 bits per heavy atom. The number of carbonyl (C=O) groups excluding carboxylic acids is 1. The van der Waals surface area contributed by atoms with Crippen molar-refractivity contribution in [3.05, 3.63) is 21.9 Å². The Kier molecular flexibility index (Phi) is 6.61. The largest absolute Gasteiger partial charge is 0.349 e. The quantitative estimate of drug-likeness (QED) is 0.813. The summed E-state index contributed by atoms with van der Waals surface area (Å²) in [5.74, 6) is 6.25. The summed E-state index contributed by atoms with van der Waals surface area (Å²) in [6.45, 7) is 6.72. The summed E-state index contributed by atoms with van der Waals surface area (Å²) in [5, 5.41) is 3.07. The van der Waals surface area contributed by atoms with Crippen LogP contribution in [0, 0.1) is 17.8 Å². The molecule has 0 radical (unpaired) electrons. The molecule has 19 heavy (non-hydrogen) atoms. The molecule has 0 aromatic carbocycles. The summed E-state index contributed by atoms with van der Waals surface area (Å²) >= 11 is 1.41. The molecule has 1 amide bonds. The Morgan fingerprint density at radius 1 is 1.42 bits per heavy atom. The molecule has 0 fully saturated rings. The molecule has 0 aliphatic heterocycles. The highest BCUT2D eigenvalue weighted by Crippen LogP contribution is 2.17. The molecule has 0 aliphatic carbocycles. The fourth-order valence-corrected chi connectivity index (χ4v) is 2.84. The van der Waals surface area contributed by atoms with E-state index in [-0.39, 0.29) is 11.9 Å². The van der Waals surface area contributed by atoms with Crippen molar-refractivity contribution in [1.29, 1.82) is 0 Å². The Morgan fingerprint density at radius 2 is 2.11 bits per heavy atom. The van der Waals surface area contributed by atoms with E-state index in [1.807, 2.05) is 12.1 Å². The van der Waals surface area contributed by atoms with Gasteiger partial charge in [-0.25, -0.2) is 0 Å². The fraction of sp³-hybridized carbons (Fsp3) is 0.533. The van der Waals surface area contributed by atoms with E-state index < -0.39 is 0 Å². The molecule has 0 saturated carbocycles. The van der Waals surface area contributed by atoms with Crippen molar-refractivity contribution in [3.63, 3.8) is 0 Å². The van der Waals surface area contributed by atoms with Gasteiger partial charge < -0.3 is 11.1 Å². The van der Waals surface area contributed by atoms with E-state index in [0.717, 1.165) is 17.7 Å². The lowest BCUT2D eigenvalue weighted by Gasteiger charge is -2.22. The zero-order valence-corrected chi connectivity index (χ0v) is 12.6. The van der Waals surface area contributed by atoms with Gasteiger partial charge in [-0.2, -0.15) is 0 Å². The predicted molar refractivity (Wildman–Crippen MR) is 81.3 cm³/mol. The van der Waals surface area contributed by atoms with Gasteiger partial charge in [-0.05, 0) is 25.0 Å². The molecule has 1 heterocycles. The number of carbonyl (C=O) groups is 1. The second-order valence-electron chi connectivity index (χ2n) is 4.51. The zero-order chi connectivity index (χ0) is 14.3. The van der Waals surface area contributed by atoms with Crippen LogP contribution < -0.4 is 11.1 Å². The van der Waals surface area contributed by atoms with Gasteiger partial charge >= 0.3 is 0 Å². The number of amides is 1. The van der Waals surface area contributed by atoms with Gasteiger partial charge in [0.05, 0.1) is 16.3 Å². The number of hydrogen-bond donors (Lipinski definition) is 2. The topological polar surface area (TPSA) is 55.1 Å². The third-order valence-electron chi connectivity index (χ3n) is 3.26. The van der Waals surface area contributed by atoms with Crippen LogP contribution in [-0.4, -0.2) is 18.5 Å². The Hall–Kier alpha value is -1.31. The number of nitrogens with two attached hydrogens (primary N) is 1. The van der Waals surface area contributed by atoms with Gasteiger partial charge in [0.1, 0.15) is 0 Å². The van der Waals surface area contributed by atoms with E-state index in [1.165, 1.54) is 11.3 Å². The second-order valence-corrected chi connectivity index (χ2v) is 5.59. The third kappa shape index (κ3) is 4.70. The maximum absolute atomic E-state index is 12.1. The maximum Gasteiger partial charge on any atom is 0.261 e. The van der Waals surface area contributed by atoms with Gasteiger partial charge in [-0.15, -0.1) is 11.3 Å². The average Bonchev–Trinajstić information content (AvgIpc) is 2.86. The lowest BCUT2D eigenvalue weighted by Crippen LogP contribution is -2.37. The number of thiophene rings is 1. The zero-order valence-electron chi connectivity index (χ0n) is 11.8. The molecule has 0 saturated heterocycles. The van der Waals surface area contributed by atoms with E-state index >= 15 is 0 Å². The van der Waals surface area contributed by atoms with E-state index in [2.05, 4.69) is 37.9 Å². The molecule has 1 unspecified atom stereocenters. The SMILES string of the molecule is CCC(CC)C(C)NC(=O)c1ccc(C#CCN)s1. The van der Waals surface area contributed by atoms with Crippen molar-refractivity contribution in [3.8, 4) is 11.8 Å². The van der Waals surface area contributed by atoms with Gasteiger partial charge in [0.2, 0.25) is 0 Å². The number of nitrogens with one attached hydrogen (secondary N) is 1. The van der Waals surface area contributed by atoms with Crippen LogP contribution in [0.2, 0.25) is 0 Å². The minimum absolute atomic E-state index is 0.00908. The monoisotopic (exact) mass is 278 g/mol. The van der Waals surface area contributed by atoms with Crippen molar-refractivity contribution >= 4 is 17.2 Å². The average molecular weight is 278 g/mol. The number of rotatable bonds is 5. The first-order valence-corrected chi connectivity index (χ1v) is 7.53. The molecule has 104 valence electrons. The molecule has 0 spiro atoms. The van der Waals surface area contributed by atoms with E-state index in [4.69, 9.17) is 5.73 Å². The molecule has 3 N–H and O–H groups in total. The Bertz CT molecular complexity index is 466. The van der Waals surface area contributed by atoms with Gasteiger partial charge in [0.25, 0.3) is 5.91 Å². The van der Waals surface area contributed by atoms with Crippen LogP contribution in [0.3, 0.4) is 0 Å². The smallest absolute Gasteiger partial charge is 0.261 e. The van der Waals surface area contributed by atoms with E-state index in [9.17, 15) is 4.79 Å². The molecule has 1 atom stereocenters. The van der Waals surface area contributed by atoms with Gasteiger partial charge in [-0.1, -0.05) is 38.5 Å². The third-order valence-corrected chi connectivity index (χ3v) is 4.26. The summed E-state index contributed by atoms with van der Waals surface area (Å²) in [7, 11) is 0. The summed E-state index contributed by atoms with van der Waals surface area (Å²) < 4.78 is 0. The lowest BCUT2D eigenvalue weighted by atomic mass is 9.95. The number of hydrogen-bond acceptors (Lipinski definition) is 3. The van der Waals surface area contributed by atoms with Crippen molar-refractivity contribution in [2.75, 3.05) is 6.54 Å². The second kappa shape index (κ2) is 7.98. The van der Waals surface area contributed by atoms with Crippen molar-refractivity contribution in [2.24, 2.45) is 11.7 Å². The molecular weight excluding hydrogens is 256 g/mol. The first-order chi connectivity index (χ1) is 9.12. The molecule has 1 rings (SSSR count).